The van der Waals surface area contributed by atoms with Gasteiger partial charge in [-0.3, -0.25) is 4.98 Å². The smallest absolute Gasteiger partial charge is 0.163 e. The van der Waals surface area contributed by atoms with E-state index in [0.29, 0.717) is 41.3 Å². The summed E-state index contributed by atoms with van der Waals surface area (Å²) in [4.78, 5) is 4.02. The van der Waals surface area contributed by atoms with E-state index < -0.39 is 0 Å². The second-order valence-corrected chi connectivity index (χ2v) is 7.04. The minimum atomic E-state index is 0.386. The molecular formula is C22H22Cl2N2O2. The van der Waals surface area contributed by atoms with Crippen molar-refractivity contribution < 1.29 is 9.47 Å². The van der Waals surface area contributed by atoms with E-state index in [1.807, 2.05) is 49.4 Å². The largest absolute Gasteiger partial charge is 0.490 e. The Morgan fingerprint density at radius 3 is 2.43 bits per heavy atom. The van der Waals surface area contributed by atoms with Gasteiger partial charge in [-0.1, -0.05) is 35.3 Å². The molecule has 0 aliphatic rings. The highest BCUT2D eigenvalue weighted by Gasteiger charge is 2.12. The summed E-state index contributed by atoms with van der Waals surface area (Å²) in [5.41, 5.74) is 3.10. The van der Waals surface area contributed by atoms with E-state index in [-0.39, 0.29) is 0 Å². The fraction of sp³-hybridized carbons (Fsp3) is 0.227. The van der Waals surface area contributed by atoms with E-state index in [2.05, 4.69) is 10.3 Å². The van der Waals surface area contributed by atoms with E-state index in [4.69, 9.17) is 32.7 Å². The number of nitrogens with zero attached hydrogens (tertiary/aromatic N) is 1. The van der Waals surface area contributed by atoms with Crippen LogP contribution in [0.1, 0.15) is 23.6 Å². The van der Waals surface area contributed by atoms with Crippen molar-refractivity contribution in [3.63, 3.8) is 0 Å². The topological polar surface area (TPSA) is 43.4 Å². The molecular weight excluding hydrogens is 395 g/mol. The zero-order valence-electron chi connectivity index (χ0n) is 15.6. The third-order valence-corrected chi connectivity index (χ3v) is 4.68. The van der Waals surface area contributed by atoms with Crippen LogP contribution < -0.4 is 14.8 Å². The Kier molecular flexibility index (Phi) is 7.54. The van der Waals surface area contributed by atoms with Gasteiger partial charge in [0, 0.05) is 41.6 Å². The first-order chi connectivity index (χ1) is 13.7. The van der Waals surface area contributed by atoms with Crippen molar-refractivity contribution >= 4 is 23.2 Å². The number of hydrogen-bond acceptors (Lipinski definition) is 4. The van der Waals surface area contributed by atoms with Gasteiger partial charge < -0.3 is 14.8 Å². The lowest BCUT2D eigenvalue weighted by atomic mass is 10.2. The van der Waals surface area contributed by atoms with Crippen LogP contribution in [0.3, 0.4) is 0 Å². The highest BCUT2D eigenvalue weighted by molar-refractivity contribution is 6.31. The van der Waals surface area contributed by atoms with Crippen LogP contribution in [0.25, 0.3) is 0 Å². The second kappa shape index (κ2) is 10.3. The lowest BCUT2D eigenvalue weighted by Crippen LogP contribution is -2.13. The third kappa shape index (κ3) is 5.86. The van der Waals surface area contributed by atoms with Gasteiger partial charge in [-0.05, 0) is 53.9 Å². The summed E-state index contributed by atoms with van der Waals surface area (Å²) in [7, 11) is 0. The van der Waals surface area contributed by atoms with Gasteiger partial charge in [0.1, 0.15) is 6.61 Å². The van der Waals surface area contributed by atoms with Crippen LogP contribution in [0.15, 0.2) is 60.9 Å². The molecule has 1 aromatic heterocycles. The first kappa shape index (κ1) is 20.5. The molecule has 0 saturated heterocycles. The standard InChI is InChI=1S/C22H22Cl2N2O2/c1-2-27-21-11-18(14-26-13-16-6-8-25-9-7-16)20(24)12-22(21)28-15-17-4-3-5-19(23)10-17/h3-12,26H,2,13-15H2,1H3. The summed E-state index contributed by atoms with van der Waals surface area (Å²) in [6.45, 7) is 4.22. The van der Waals surface area contributed by atoms with Crippen LogP contribution in [0.4, 0.5) is 0 Å². The number of pyridine rings is 1. The van der Waals surface area contributed by atoms with Crippen molar-refractivity contribution in [2.45, 2.75) is 26.6 Å². The van der Waals surface area contributed by atoms with Gasteiger partial charge >= 0.3 is 0 Å². The van der Waals surface area contributed by atoms with E-state index in [9.17, 15) is 0 Å². The molecule has 0 radical (unpaired) electrons. The highest BCUT2D eigenvalue weighted by atomic mass is 35.5. The molecule has 0 aliphatic carbocycles. The molecule has 0 saturated carbocycles. The molecule has 0 aliphatic heterocycles. The normalized spacial score (nSPS) is 10.7. The van der Waals surface area contributed by atoms with Crippen LogP contribution >= 0.6 is 23.2 Å². The molecule has 146 valence electrons. The van der Waals surface area contributed by atoms with Gasteiger partial charge in [-0.15, -0.1) is 0 Å². The Labute approximate surface area is 175 Å². The van der Waals surface area contributed by atoms with Crippen molar-refractivity contribution in [1.82, 2.24) is 10.3 Å². The molecule has 6 heteroatoms. The zero-order chi connectivity index (χ0) is 19.8. The Morgan fingerprint density at radius 1 is 0.893 bits per heavy atom. The molecule has 0 unspecified atom stereocenters. The quantitative estimate of drug-likeness (QED) is 0.488. The second-order valence-electron chi connectivity index (χ2n) is 6.20. The maximum Gasteiger partial charge on any atom is 0.163 e. The number of aromatic nitrogens is 1. The summed E-state index contributed by atoms with van der Waals surface area (Å²) in [5, 5.41) is 4.70. The average molecular weight is 417 g/mol. The maximum atomic E-state index is 6.48. The Bertz CT molecular complexity index is 904. The van der Waals surface area contributed by atoms with Crippen LogP contribution in [0.5, 0.6) is 11.5 Å². The number of benzene rings is 2. The Hall–Kier alpha value is -2.27. The van der Waals surface area contributed by atoms with E-state index in [1.165, 1.54) is 0 Å². The van der Waals surface area contributed by atoms with Crippen molar-refractivity contribution in [2.75, 3.05) is 6.61 Å². The summed E-state index contributed by atoms with van der Waals surface area (Å²) < 4.78 is 11.7. The fourth-order valence-corrected chi connectivity index (χ4v) is 3.16. The van der Waals surface area contributed by atoms with Crippen LogP contribution in [0.2, 0.25) is 10.0 Å². The maximum absolute atomic E-state index is 6.48. The third-order valence-electron chi connectivity index (χ3n) is 4.09. The molecule has 0 atom stereocenters. The van der Waals surface area contributed by atoms with Gasteiger partial charge in [0.2, 0.25) is 0 Å². The summed E-state index contributed by atoms with van der Waals surface area (Å²) in [6, 6.07) is 15.3. The summed E-state index contributed by atoms with van der Waals surface area (Å²) in [5.74, 6) is 1.29. The van der Waals surface area contributed by atoms with Gasteiger partial charge in [0.25, 0.3) is 0 Å². The molecule has 2 aromatic carbocycles. The zero-order valence-corrected chi connectivity index (χ0v) is 17.1. The molecule has 3 aromatic rings. The molecule has 1 N–H and O–H groups in total. The van der Waals surface area contributed by atoms with Crippen molar-refractivity contribution in [2.24, 2.45) is 0 Å². The predicted octanol–water partition coefficient (Wildman–Crippen LogP) is 5.66. The van der Waals surface area contributed by atoms with Crippen LogP contribution in [-0.4, -0.2) is 11.6 Å². The van der Waals surface area contributed by atoms with Gasteiger partial charge in [-0.2, -0.15) is 0 Å². The van der Waals surface area contributed by atoms with Gasteiger partial charge in [0.15, 0.2) is 11.5 Å². The van der Waals surface area contributed by atoms with Crippen molar-refractivity contribution in [3.8, 4) is 11.5 Å². The Morgan fingerprint density at radius 2 is 1.68 bits per heavy atom. The van der Waals surface area contributed by atoms with Crippen LogP contribution in [0, 0.1) is 0 Å². The molecule has 1 heterocycles. The van der Waals surface area contributed by atoms with Crippen molar-refractivity contribution in [1.29, 1.82) is 0 Å². The van der Waals surface area contributed by atoms with E-state index >= 15 is 0 Å². The first-order valence-electron chi connectivity index (χ1n) is 9.07. The number of ether oxygens (including phenoxy) is 2. The molecule has 0 fully saturated rings. The molecule has 0 spiro atoms. The lowest BCUT2D eigenvalue weighted by molar-refractivity contribution is 0.269. The number of halogens is 2. The number of hydrogen-bond donors (Lipinski definition) is 1. The van der Waals surface area contributed by atoms with Gasteiger partial charge in [0.05, 0.1) is 6.61 Å². The molecule has 28 heavy (non-hydrogen) atoms. The summed E-state index contributed by atoms with van der Waals surface area (Å²) >= 11 is 12.5. The monoisotopic (exact) mass is 416 g/mol. The predicted molar refractivity (Wildman–Crippen MR) is 113 cm³/mol. The Balaban J connectivity index is 1.68. The first-order valence-corrected chi connectivity index (χ1v) is 9.83. The molecule has 0 bridgehead atoms. The molecule has 3 rings (SSSR count). The van der Waals surface area contributed by atoms with E-state index in [0.717, 1.165) is 23.2 Å². The number of rotatable bonds is 9. The average Bonchev–Trinajstić information content (AvgIpc) is 2.70. The minimum Gasteiger partial charge on any atom is -0.490 e. The highest BCUT2D eigenvalue weighted by Crippen LogP contribution is 2.34. The fourth-order valence-electron chi connectivity index (χ4n) is 2.72. The summed E-state index contributed by atoms with van der Waals surface area (Å²) in [6.07, 6.45) is 3.56. The lowest BCUT2D eigenvalue weighted by Gasteiger charge is -2.15. The van der Waals surface area contributed by atoms with Crippen LogP contribution in [-0.2, 0) is 19.7 Å². The molecule has 4 nitrogen and oxygen atoms in total. The molecule has 0 amide bonds. The number of nitrogens with one attached hydrogen (secondary N) is 1. The minimum absolute atomic E-state index is 0.386. The SMILES string of the molecule is CCOc1cc(CNCc2ccncc2)c(Cl)cc1OCc1cccc(Cl)c1. The van der Waals surface area contributed by atoms with Crippen molar-refractivity contribution in [3.05, 3.63) is 87.7 Å². The van der Waals surface area contributed by atoms with E-state index in [1.54, 1.807) is 18.5 Å². The van der Waals surface area contributed by atoms with Gasteiger partial charge in [-0.25, -0.2) is 0 Å².